The van der Waals surface area contributed by atoms with Crippen molar-refractivity contribution in [1.82, 2.24) is 9.55 Å². The molecule has 174 valence electrons. The second kappa shape index (κ2) is 8.97. The molecular formula is C26H25FN4O3. The van der Waals surface area contributed by atoms with E-state index in [9.17, 15) is 14.0 Å². The normalized spacial score (nSPS) is 11.3. The highest BCUT2D eigenvalue weighted by molar-refractivity contribution is 6.06. The van der Waals surface area contributed by atoms with Crippen molar-refractivity contribution in [2.24, 2.45) is 0 Å². The first-order valence-corrected chi connectivity index (χ1v) is 10.8. The number of hydrogen-bond donors (Lipinski definition) is 2. The lowest BCUT2D eigenvalue weighted by atomic mass is 10.1. The highest BCUT2D eigenvalue weighted by Crippen LogP contribution is 2.24. The summed E-state index contributed by atoms with van der Waals surface area (Å²) in [7, 11) is 0. The summed E-state index contributed by atoms with van der Waals surface area (Å²) < 4.78 is 20.5. The molecule has 0 aliphatic carbocycles. The molecule has 0 aliphatic heterocycles. The number of carbonyl (C=O) groups excluding carboxylic acids is 2. The molecule has 34 heavy (non-hydrogen) atoms. The van der Waals surface area contributed by atoms with Crippen molar-refractivity contribution in [1.29, 1.82) is 0 Å². The van der Waals surface area contributed by atoms with Gasteiger partial charge in [-0.05, 0) is 94.4 Å². The molecule has 0 saturated carbocycles. The monoisotopic (exact) mass is 460 g/mol. The van der Waals surface area contributed by atoms with Gasteiger partial charge in [-0.1, -0.05) is 0 Å². The second-order valence-electron chi connectivity index (χ2n) is 8.83. The summed E-state index contributed by atoms with van der Waals surface area (Å²) in [6.07, 6.45) is -0.550. The molecule has 0 bridgehead atoms. The highest BCUT2D eigenvalue weighted by atomic mass is 19.1. The Hall–Kier alpha value is -4.20. The Balaban J connectivity index is 1.51. The first-order chi connectivity index (χ1) is 16.1. The van der Waals surface area contributed by atoms with E-state index in [1.54, 1.807) is 75.4 Å². The Morgan fingerprint density at radius 3 is 2.15 bits per heavy atom. The van der Waals surface area contributed by atoms with Gasteiger partial charge in [0.25, 0.3) is 5.91 Å². The number of nitrogens with one attached hydrogen (secondary N) is 2. The molecule has 0 radical (unpaired) electrons. The zero-order valence-electron chi connectivity index (χ0n) is 19.3. The van der Waals surface area contributed by atoms with E-state index in [1.165, 1.54) is 12.1 Å². The predicted octanol–water partition coefficient (Wildman–Crippen LogP) is 6.07. The molecule has 3 aromatic carbocycles. The molecule has 4 aromatic rings. The third-order valence-corrected chi connectivity index (χ3v) is 4.96. The number of carbonyl (C=O) groups is 2. The number of rotatable bonds is 4. The summed E-state index contributed by atoms with van der Waals surface area (Å²) in [6.45, 7) is 7.22. The summed E-state index contributed by atoms with van der Waals surface area (Å²) in [4.78, 5) is 29.3. The van der Waals surface area contributed by atoms with Crippen LogP contribution in [0.25, 0.3) is 16.7 Å². The first kappa shape index (κ1) is 23.0. The molecule has 2 amide bonds. The SMILES string of the molecule is Cc1nc2ccc(C(=O)Nc3ccc(NC(=O)OC(C)(C)C)cc3)cc2n1-c1ccc(F)cc1. The number of ether oxygens (including phenoxy) is 1. The largest absolute Gasteiger partial charge is 0.444 e. The van der Waals surface area contributed by atoms with Gasteiger partial charge < -0.3 is 10.1 Å². The van der Waals surface area contributed by atoms with Crippen LogP contribution in [-0.4, -0.2) is 27.2 Å². The van der Waals surface area contributed by atoms with Crippen molar-refractivity contribution >= 4 is 34.4 Å². The fourth-order valence-electron chi connectivity index (χ4n) is 3.51. The molecule has 0 spiro atoms. The van der Waals surface area contributed by atoms with Crippen LogP contribution in [0.3, 0.4) is 0 Å². The zero-order valence-corrected chi connectivity index (χ0v) is 19.3. The van der Waals surface area contributed by atoms with Crippen LogP contribution >= 0.6 is 0 Å². The predicted molar refractivity (Wildman–Crippen MR) is 130 cm³/mol. The maximum absolute atomic E-state index is 13.4. The lowest BCUT2D eigenvalue weighted by molar-refractivity contribution is 0.0635. The number of aromatic nitrogens is 2. The van der Waals surface area contributed by atoms with Gasteiger partial charge in [-0.25, -0.2) is 14.2 Å². The van der Waals surface area contributed by atoms with Crippen LogP contribution < -0.4 is 10.6 Å². The number of anilines is 2. The van der Waals surface area contributed by atoms with E-state index in [1.807, 2.05) is 11.5 Å². The van der Waals surface area contributed by atoms with Crippen LogP contribution in [0.4, 0.5) is 20.6 Å². The number of aryl methyl sites for hydroxylation is 1. The molecule has 2 N–H and O–H groups in total. The lowest BCUT2D eigenvalue weighted by Gasteiger charge is -2.19. The van der Waals surface area contributed by atoms with Crippen molar-refractivity contribution in [3.05, 3.63) is 83.9 Å². The molecule has 0 aliphatic rings. The van der Waals surface area contributed by atoms with Crippen LogP contribution in [0, 0.1) is 12.7 Å². The third kappa shape index (κ3) is 5.23. The maximum atomic E-state index is 13.4. The second-order valence-corrected chi connectivity index (χ2v) is 8.83. The smallest absolute Gasteiger partial charge is 0.412 e. The minimum absolute atomic E-state index is 0.292. The number of amides is 2. The van der Waals surface area contributed by atoms with Gasteiger partial charge in [-0.15, -0.1) is 0 Å². The average Bonchev–Trinajstić information content (AvgIpc) is 3.09. The molecule has 4 rings (SSSR count). The fraction of sp³-hybridized carbons (Fsp3) is 0.192. The van der Waals surface area contributed by atoms with Crippen molar-refractivity contribution in [3.63, 3.8) is 0 Å². The van der Waals surface area contributed by atoms with E-state index in [2.05, 4.69) is 15.6 Å². The maximum Gasteiger partial charge on any atom is 0.412 e. The zero-order chi connectivity index (χ0) is 24.5. The molecule has 8 heteroatoms. The summed E-state index contributed by atoms with van der Waals surface area (Å²) in [5.74, 6) is 0.115. The van der Waals surface area contributed by atoms with E-state index < -0.39 is 11.7 Å². The topological polar surface area (TPSA) is 85.2 Å². The van der Waals surface area contributed by atoms with Gasteiger partial charge in [0.2, 0.25) is 0 Å². The van der Waals surface area contributed by atoms with Crippen LogP contribution in [0.2, 0.25) is 0 Å². The molecule has 0 unspecified atom stereocenters. The first-order valence-electron chi connectivity index (χ1n) is 10.8. The minimum atomic E-state index is -0.594. The molecule has 0 atom stereocenters. The van der Waals surface area contributed by atoms with Crippen molar-refractivity contribution in [2.45, 2.75) is 33.3 Å². The van der Waals surface area contributed by atoms with Gasteiger partial charge in [0.1, 0.15) is 17.2 Å². The van der Waals surface area contributed by atoms with Crippen molar-refractivity contribution in [3.8, 4) is 5.69 Å². The van der Waals surface area contributed by atoms with E-state index in [0.29, 0.717) is 16.9 Å². The quantitative estimate of drug-likeness (QED) is 0.387. The Morgan fingerprint density at radius 2 is 1.53 bits per heavy atom. The van der Waals surface area contributed by atoms with Gasteiger partial charge in [-0.2, -0.15) is 0 Å². The summed E-state index contributed by atoms with van der Waals surface area (Å²) in [5, 5.41) is 5.50. The fourth-order valence-corrected chi connectivity index (χ4v) is 3.51. The Bertz CT molecular complexity index is 1350. The third-order valence-electron chi connectivity index (χ3n) is 4.96. The van der Waals surface area contributed by atoms with E-state index in [-0.39, 0.29) is 11.7 Å². The van der Waals surface area contributed by atoms with Gasteiger partial charge in [0, 0.05) is 22.6 Å². The highest BCUT2D eigenvalue weighted by Gasteiger charge is 2.16. The molecule has 0 fully saturated rings. The summed E-state index contributed by atoms with van der Waals surface area (Å²) in [5.41, 5.74) is 3.21. The molecule has 7 nitrogen and oxygen atoms in total. The molecule has 1 heterocycles. The van der Waals surface area contributed by atoms with E-state index in [4.69, 9.17) is 4.74 Å². The van der Waals surface area contributed by atoms with E-state index >= 15 is 0 Å². The van der Waals surface area contributed by atoms with Crippen LogP contribution in [0.1, 0.15) is 37.0 Å². The van der Waals surface area contributed by atoms with Crippen LogP contribution in [-0.2, 0) is 4.74 Å². The minimum Gasteiger partial charge on any atom is -0.444 e. The van der Waals surface area contributed by atoms with Gasteiger partial charge in [0.05, 0.1) is 11.0 Å². The average molecular weight is 461 g/mol. The van der Waals surface area contributed by atoms with Crippen LogP contribution in [0.15, 0.2) is 66.7 Å². The number of nitrogens with zero attached hydrogens (tertiary/aromatic N) is 2. The number of fused-ring (bicyclic) bond motifs is 1. The standard InChI is InChI=1S/C26H25FN4O3/c1-16-28-22-14-5-17(15-23(22)31(16)21-12-6-18(27)7-13-21)24(32)29-19-8-10-20(11-9-19)30-25(33)34-26(2,3)4/h5-15H,1-4H3,(H,29,32)(H,30,33). The summed E-state index contributed by atoms with van der Waals surface area (Å²) >= 11 is 0. The molecule has 1 aromatic heterocycles. The Morgan fingerprint density at radius 1 is 0.912 bits per heavy atom. The Kier molecular flexibility index (Phi) is 6.06. The number of benzene rings is 3. The van der Waals surface area contributed by atoms with Crippen molar-refractivity contribution < 1.29 is 18.7 Å². The van der Waals surface area contributed by atoms with Gasteiger partial charge in [-0.3, -0.25) is 14.7 Å². The van der Waals surface area contributed by atoms with Gasteiger partial charge in [0.15, 0.2) is 0 Å². The van der Waals surface area contributed by atoms with Crippen LogP contribution in [0.5, 0.6) is 0 Å². The molecule has 0 saturated heterocycles. The van der Waals surface area contributed by atoms with E-state index in [0.717, 1.165) is 22.5 Å². The summed E-state index contributed by atoms with van der Waals surface area (Å²) in [6, 6.07) is 18.1. The number of halogens is 1. The van der Waals surface area contributed by atoms with Gasteiger partial charge >= 0.3 is 6.09 Å². The number of hydrogen-bond acceptors (Lipinski definition) is 4. The number of imidazole rings is 1. The Labute approximate surface area is 196 Å². The molecular weight excluding hydrogens is 435 g/mol. The lowest BCUT2D eigenvalue weighted by Crippen LogP contribution is -2.27. The van der Waals surface area contributed by atoms with Crippen molar-refractivity contribution in [2.75, 3.05) is 10.6 Å².